The molecule has 202 valence electrons. The summed E-state index contributed by atoms with van der Waals surface area (Å²) in [7, 11) is 0. The molecule has 0 saturated heterocycles. The molecule has 5 aromatic rings. The monoisotopic (exact) mass is 572 g/mol. The summed E-state index contributed by atoms with van der Waals surface area (Å²) < 4.78 is 11.8. The Morgan fingerprint density at radius 1 is 1.02 bits per heavy atom. The van der Waals surface area contributed by atoms with E-state index in [4.69, 9.17) is 20.8 Å². The van der Waals surface area contributed by atoms with E-state index in [2.05, 4.69) is 10.3 Å². The van der Waals surface area contributed by atoms with Gasteiger partial charge in [0.15, 0.2) is 5.76 Å². The average molecular weight is 573 g/mol. The van der Waals surface area contributed by atoms with Crippen molar-refractivity contribution in [2.24, 2.45) is 0 Å². The Kier molecular flexibility index (Phi) is 6.60. The largest absolute Gasteiger partial charge is 0.481 e. The lowest BCUT2D eigenvalue weighted by Gasteiger charge is -2.15. The number of anilines is 1. The molecular weight excluding hydrogens is 548 g/mol. The lowest BCUT2D eigenvalue weighted by atomic mass is 9.93. The number of rotatable bonds is 7. The fourth-order valence-corrected chi connectivity index (χ4v) is 5.98. The summed E-state index contributed by atoms with van der Waals surface area (Å²) in [4.78, 5) is 29.8. The van der Waals surface area contributed by atoms with Crippen molar-refractivity contribution >= 4 is 51.1 Å². The van der Waals surface area contributed by atoms with Gasteiger partial charge in [-0.1, -0.05) is 89.7 Å². The van der Waals surface area contributed by atoms with Crippen molar-refractivity contribution in [3.05, 3.63) is 94.0 Å². The summed E-state index contributed by atoms with van der Waals surface area (Å²) >= 11 is 7.68. The van der Waals surface area contributed by atoms with Gasteiger partial charge in [0.05, 0.1) is 10.4 Å². The van der Waals surface area contributed by atoms with Gasteiger partial charge in [-0.3, -0.25) is 10.1 Å². The van der Waals surface area contributed by atoms with E-state index in [0.717, 1.165) is 27.3 Å². The fraction of sp³-hybridized carbons (Fsp3) is 0.194. The highest BCUT2D eigenvalue weighted by Crippen LogP contribution is 2.48. The molecule has 1 aliphatic carbocycles. The maximum atomic E-state index is 12.9. The first-order valence-corrected chi connectivity index (χ1v) is 14.0. The van der Waals surface area contributed by atoms with Gasteiger partial charge in [0, 0.05) is 16.1 Å². The molecule has 1 unspecified atom stereocenters. The van der Waals surface area contributed by atoms with Crippen molar-refractivity contribution in [3.8, 4) is 22.5 Å². The maximum absolute atomic E-state index is 12.9. The van der Waals surface area contributed by atoms with Gasteiger partial charge in [-0.15, -0.1) is 0 Å². The van der Waals surface area contributed by atoms with Crippen LogP contribution in [0.5, 0.6) is 0 Å². The standard InChI is InChI=1S/C31H25ClN2O5S/c1-17(23-5-3-4-6-24(23)32)38-30(37)34-25-26-28(40-18(2)33-26)39-27(25)21-9-7-19(8-10-21)20-11-13-22(14-12-20)31(15-16-31)29(35)36/h3-14,17H,15-16H2,1-2H3,(H,34,37)(H,35,36). The molecule has 9 heteroatoms. The zero-order chi connectivity index (χ0) is 28.0. The minimum atomic E-state index is -0.765. The molecule has 1 amide bonds. The number of aryl methyl sites for hydroxylation is 1. The van der Waals surface area contributed by atoms with Gasteiger partial charge >= 0.3 is 12.1 Å². The number of thiazole rings is 1. The number of carboxylic acids is 1. The van der Waals surface area contributed by atoms with Crippen LogP contribution in [0, 0.1) is 6.92 Å². The molecule has 2 aromatic heterocycles. The molecule has 1 saturated carbocycles. The van der Waals surface area contributed by atoms with Crippen LogP contribution in [0.2, 0.25) is 5.02 Å². The molecule has 40 heavy (non-hydrogen) atoms. The first-order valence-electron chi connectivity index (χ1n) is 12.8. The SMILES string of the molecule is Cc1nc2c(NC(=O)OC(C)c3ccccc3Cl)c(-c3ccc(-c4ccc(C5(C(=O)O)CC5)cc4)cc3)oc2s1. The van der Waals surface area contributed by atoms with Gasteiger partial charge in [-0.2, -0.15) is 0 Å². The number of hydrogen-bond donors (Lipinski definition) is 2. The van der Waals surface area contributed by atoms with Crippen LogP contribution in [-0.2, 0) is 14.9 Å². The quantitative estimate of drug-likeness (QED) is 0.202. The minimum absolute atomic E-state index is 0.441. The highest BCUT2D eigenvalue weighted by molar-refractivity contribution is 7.18. The predicted octanol–water partition coefficient (Wildman–Crippen LogP) is 8.61. The van der Waals surface area contributed by atoms with E-state index in [0.29, 0.717) is 45.3 Å². The predicted molar refractivity (Wildman–Crippen MR) is 156 cm³/mol. The lowest BCUT2D eigenvalue weighted by Crippen LogP contribution is -2.19. The van der Waals surface area contributed by atoms with Gasteiger partial charge < -0.3 is 14.3 Å². The van der Waals surface area contributed by atoms with Gasteiger partial charge in [0.25, 0.3) is 0 Å². The van der Waals surface area contributed by atoms with Crippen molar-refractivity contribution in [2.75, 3.05) is 5.32 Å². The van der Waals surface area contributed by atoms with Crippen molar-refractivity contribution in [3.63, 3.8) is 0 Å². The number of aromatic nitrogens is 1. The number of aliphatic carboxylic acids is 1. The number of amides is 1. The van der Waals surface area contributed by atoms with Gasteiger partial charge in [0.1, 0.15) is 17.3 Å². The number of carbonyl (C=O) groups is 2. The van der Waals surface area contributed by atoms with E-state index in [1.165, 1.54) is 11.3 Å². The molecule has 2 heterocycles. The van der Waals surface area contributed by atoms with Gasteiger partial charge in [-0.25, -0.2) is 9.78 Å². The van der Waals surface area contributed by atoms with Crippen LogP contribution in [-0.4, -0.2) is 22.2 Å². The van der Waals surface area contributed by atoms with Crippen molar-refractivity contribution in [1.82, 2.24) is 4.98 Å². The second-order valence-corrected chi connectivity index (χ2v) is 11.5. The Morgan fingerprint density at radius 3 is 2.27 bits per heavy atom. The second kappa shape index (κ2) is 10.1. The highest BCUT2D eigenvalue weighted by atomic mass is 35.5. The van der Waals surface area contributed by atoms with Crippen LogP contribution >= 0.6 is 22.9 Å². The zero-order valence-corrected chi connectivity index (χ0v) is 23.3. The van der Waals surface area contributed by atoms with Gasteiger partial charge in [0.2, 0.25) is 4.90 Å². The molecule has 1 aliphatic rings. The van der Waals surface area contributed by atoms with E-state index in [9.17, 15) is 14.7 Å². The van der Waals surface area contributed by atoms with E-state index < -0.39 is 23.6 Å². The van der Waals surface area contributed by atoms with E-state index >= 15 is 0 Å². The first-order chi connectivity index (χ1) is 19.2. The first kappa shape index (κ1) is 26.1. The molecule has 3 aromatic carbocycles. The van der Waals surface area contributed by atoms with E-state index in [1.807, 2.05) is 73.7 Å². The summed E-state index contributed by atoms with van der Waals surface area (Å²) in [6.07, 6.45) is 0.142. The molecular formula is C31H25ClN2O5S. The Labute approximate surface area is 239 Å². The van der Waals surface area contributed by atoms with E-state index in [-0.39, 0.29) is 0 Å². The Hall–Kier alpha value is -4.14. The van der Waals surface area contributed by atoms with Crippen molar-refractivity contribution < 1.29 is 23.8 Å². The summed E-state index contributed by atoms with van der Waals surface area (Å²) in [5.41, 5.74) is 4.54. The molecule has 2 N–H and O–H groups in total. The number of ether oxygens (including phenoxy) is 1. The molecule has 6 rings (SSSR count). The topological polar surface area (TPSA) is 102 Å². The molecule has 1 atom stereocenters. The third kappa shape index (κ3) is 4.74. The summed E-state index contributed by atoms with van der Waals surface area (Å²) in [6, 6.07) is 22.7. The Morgan fingerprint density at radius 2 is 1.65 bits per heavy atom. The average Bonchev–Trinajstić information content (AvgIpc) is 3.60. The second-order valence-electron chi connectivity index (χ2n) is 9.91. The number of halogens is 1. The highest BCUT2D eigenvalue weighted by Gasteiger charge is 2.51. The summed E-state index contributed by atoms with van der Waals surface area (Å²) in [5.74, 6) is -0.283. The van der Waals surface area contributed by atoms with Crippen LogP contribution in [0.25, 0.3) is 32.9 Å². The summed E-state index contributed by atoms with van der Waals surface area (Å²) in [6.45, 7) is 3.64. The van der Waals surface area contributed by atoms with E-state index in [1.54, 1.807) is 13.0 Å². The number of carboxylic acid groups (broad SMARTS) is 1. The lowest BCUT2D eigenvalue weighted by molar-refractivity contribution is -0.140. The van der Waals surface area contributed by atoms with Crippen LogP contribution in [0.4, 0.5) is 10.5 Å². The zero-order valence-electron chi connectivity index (χ0n) is 21.7. The summed E-state index contributed by atoms with van der Waals surface area (Å²) in [5, 5.41) is 13.7. The molecule has 1 fully saturated rings. The van der Waals surface area contributed by atoms with Crippen molar-refractivity contribution in [2.45, 2.75) is 38.2 Å². The van der Waals surface area contributed by atoms with Crippen molar-refractivity contribution in [1.29, 1.82) is 0 Å². The smallest absolute Gasteiger partial charge is 0.412 e. The Balaban J connectivity index is 1.25. The Bertz CT molecular complexity index is 1740. The fourth-order valence-electron chi connectivity index (χ4n) is 4.91. The third-order valence-corrected chi connectivity index (χ3v) is 8.49. The number of carbonyl (C=O) groups excluding carboxylic acids is 1. The number of benzene rings is 3. The minimum Gasteiger partial charge on any atom is -0.481 e. The van der Waals surface area contributed by atoms with Crippen LogP contribution in [0.15, 0.2) is 77.2 Å². The maximum Gasteiger partial charge on any atom is 0.412 e. The normalized spacial score (nSPS) is 14.6. The molecule has 0 radical (unpaired) electrons. The molecule has 7 nitrogen and oxygen atoms in total. The van der Waals surface area contributed by atoms with Crippen LogP contribution in [0.3, 0.4) is 0 Å². The number of fused-ring (bicyclic) bond motifs is 1. The number of furan rings is 1. The molecule has 0 bridgehead atoms. The van der Waals surface area contributed by atoms with Gasteiger partial charge in [-0.05, 0) is 49.4 Å². The van der Waals surface area contributed by atoms with Crippen LogP contribution in [0.1, 0.15) is 42.0 Å². The number of hydrogen-bond acceptors (Lipinski definition) is 6. The number of nitrogens with zero attached hydrogens (tertiary/aromatic N) is 1. The van der Waals surface area contributed by atoms with Crippen LogP contribution < -0.4 is 5.32 Å². The molecule has 0 aliphatic heterocycles. The molecule has 0 spiro atoms. The third-order valence-electron chi connectivity index (χ3n) is 7.29. The number of nitrogens with one attached hydrogen (secondary N) is 1.